The smallest absolute Gasteiger partial charge is 0.348 e. The van der Waals surface area contributed by atoms with Crippen molar-refractivity contribution < 1.29 is 4.39 Å². The first-order valence-corrected chi connectivity index (χ1v) is 8.58. The van der Waals surface area contributed by atoms with Crippen LogP contribution in [-0.4, -0.2) is 20.1 Å². The van der Waals surface area contributed by atoms with Gasteiger partial charge < -0.3 is 5.32 Å². The zero-order valence-corrected chi connectivity index (χ0v) is 14.8. The van der Waals surface area contributed by atoms with Gasteiger partial charge in [0.2, 0.25) is 5.95 Å². The lowest BCUT2D eigenvalue weighted by Gasteiger charge is -2.14. The fourth-order valence-electron chi connectivity index (χ4n) is 2.89. The number of fused-ring (bicyclic) bond motifs is 1. The third-order valence-electron chi connectivity index (χ3n) is 4.28. The first kappa shape index (κ1) is 16.5. The first-order chi connectivity index (χ1) is 12.6. The van der Waals surface area contributed by atoms with Gasteiger partial charge in [-0.25, -0.2) is 19.3 Å². The zero-order chi connectivity index (χ0) is 18.1. The number of H-pyrrole nitrogens is 1. The number of hydrogen-bond acceptors (Lipinski definition) is 3. The fourth-order valence-corrected chi connectivity index (χ4v) is 3.08. The molecule has 1 unspecified atom stereocenters. The maximum Gasteiger partial charge on any atom is 0.382 e. The summed E-state index contributed by atoms with van der Waals surface area (Å²) in [7, 11) is 0. The summed E-state index contributed by atoms with van der Waals surface area (Å²) in [6, 6.07) is 6.36. The summed E-state index contributed by atoms with van der Waals surface area (Å²) in [4.78, 5) is 11.9. The second-order valence-corrected chi connectivity index (χ2v) is 6.55. The molecule has 0 radical (unpaired) electrons. The Bertz CT molecular complexity index is 1100. The molecular formula is C19H16ClFN5+. The maximum absolute atomic E-state index is 13.0. The second kappa shape index (κ2) is 6.75. The minimum Gasteiger partial charge on any atom is -0.348 e. The molecule has 0 saturated carbocycles. The van der Waals surface area contributed by atoms with E-state index < -0.39 is 0 Å². The molecule has 1 aromatic carbocycles. The third-order valence-corrected chi connectivity index (χ3v) is 4.48. The van der Waals surface area contributed by atoms with E-state index in [2.05, 4.69) is 24.9 Å². The number of rotatable bonds is 5. The van der Waals surface area contributed by atoms with Crippen LogP contribution in [0.3, 0.4) is 0 Å². The Kier molecular flexibility index (Phi) is 4.29. The van der Waals surface area contributed by atoms with Crippen molar-refractivity contribution in [2.75, 3.05) is 5.32 Å². The topological polar surface area (TPSA) is 67.7 Å². The normalized spacial score (nSPS) is 13.4. The predicted octanol–water partition coefficient (Wildman–Crippen LogP) is 1.83. The highest BCUT2D eigenvalue weighted by molar-refractivity contribution is 6.72. The molecule has 0 spiro atoms. The van der Waals surface area contributed by atoms with Gasteiger partial charge in [0.05, 0.1) is 17.5 Å². The Morgan fingerprint density at radius 2 is 1.96 bits per heavy atom. The quantitative estimate of drug-likeness (QED) is 0.675. The average Bonchev–Trinajstić information content (AvgIpc) is 3.17. The van der Waals surface area contributed by atoms with Crippen LogP contribution in [-0.2, 0) is 6.42 Å². The van der Waals surface area contributed by atoms with Gasteiger partial charge in [0, 0.05) is 30.5 Å². The number of benzene rings is 1. The molecule has 2 aromatic heterocycles. The van der Waals surface area contributed by atoms with Crippen molar-refractivity contribution in [3.05, 3.63) is 76.1 Å². The number of nitrogens with zero attached hydrogens (tertiary/aromatic N) is 3. The van der Waals surface area contributed by atoms with E-state index in [1.54, 1.807) is 24.5 Å². The number of aromatic amines is 1. The van der Waals surface area contributed by atoms with E-state index >= 15 is 0 Å². The molecular weight excluding hydrogens is 353 g/mol. The van der Waals surface area contributed by atoms with Gasteiger partial charge in [-0.1, -0.05) is 12.1 Å². The van der Waals surface area contributed by atoms with Crippen LogP contribution in [0.2, 0.25) is 0 Å². The summed E-state index contributed by atoms with van der Waals surface area (Å²) in [5.41, 5.74) is 3.85. The zero-order valence-electron chi connectivity index (χ0n) is 14.0. The van der Waals surface area contributed by atoms with E-state index in [4.69, 9.17) is 11.6 Å². The van der Waals surface area contributed by atoms with Crippen LogP contribution in [0.4, 0.5) is 10.3 Å². The average molecular weight is 369 g/mol. The predicted molar refractivity (Wildman–Crippen MR) is 99.9 cm³/mol. The highest BCUT2D eigenvalue weighted by atomic mass is 35.5. The molecule has 1 atom stereocenters. The van der Waals surface area contributed by atoms with Gasteiger partial charge in [-0.05, 0) is 41.8 Å². The van der Waals surface area contributed by atoms with Crippen molar-refractivity contribution in [1.29, 1.82) is 0 Å². The van der Waals surface area contributed by atoms with Gasteiger partial charge in [0.25, 0.3) is 5.17 Å². The number of aromatic nitrogens is 3. The van der Waals surface area contributed by atoms with Gasteiger partial charge in [-0.3, -0.25) is 0 Å². The van der Waals surface area contributed by atoms with Crippen molar-refractivity contribution in [3.63, 3.8) is 0 Å². The van der Waals surface area contributed by atoms with Crippen molar-refractivity contribution in [1.82, 2.24) is 19.6 Å². The molecule has 0 saturated heterocycles. The summed E-state index contributed by atoms with van der Waals surface area (Å²) in [6.45, 7) is 1.98. The molecule has 2 N–H and O–H groups in total. The van der Waals surface area contributed by atoms with Crippen molar-refractivity contribution in [2.24, 2.45) is 0 Å². The molecule has 26 heavy (non-hydrogen) atoms. The molecule has 0 aliphatic carbocycles. The van der Waals surface area contributed by atoms with Gasteiger partial charge in [0.15, 0.2) is 0 Å². The van der Waals surface area contributed by atoms with Crippen LogP contribution >= 0.6 is 11.6 Å². The molecule has 130 valence electrons. The Hall–Kier alpha value is -2.95. The van der Waals surface area contributed by atoms with Gasteiger partial charge in [0.1, 0.15) is 5.82 Å². The molecule has 0 bridgehead atoms. The number of halogens is 2. The summed E-state index contributed by atoms with van der Waals surface area (Å²) >= 11 is 5.94. The molecule has 3 aromatic rings. The maximum atomic E-state index is 13.0. The third kappa shape index (κ3) is 3.38. The fraction of sp³-hybridized carbons (Fsp3) is 0.158. The molecule has 4 rings (SSSR count). The van der Waals surface area contributed by atoms with Gasteiger partial charge >= 0.3 is 5.49 Å². The minimum atomic E-state index is -0.248. The van der Waals surface area contributed by atoms with Crippen molar-refractivity contribution in [3.8, 4) is 0 Å². The SMILES string of the molecule is CC(Nc1ncc(Cc2c[nH]c3c2=CC(Cl)=[N+]=3)cn1)c1ccc(F)cc1. The number of nitrogens with one attached hydrogen (secondary N) is 2. The molecule has 0 amide bonds. The van der Waals surface area contributed by atoms with E-state index in [1.165, 1.54) is 12.1 Å². The summed E-state index contributed by atoms with van der Waals surface area (Å²) in [5.74, 6) is 0.282. The molecule has 5 nitrogen and oxygen atoms in total. The van der Waals surface area contributed by atoms with Crippen LogP contribution in [0.1, 0.15) is 29.7 Å². The van der Waals surface area contributed by atoms with E-state index in [9.17, 15) is 4.39 Å². The number of hydrogen-bond donors (Lipinski definition) is 2. The summed E-state index contributed by atoms with van der Waals surface area (Å²) < 4.78 is 17.2. The second-order valence-electron chi connectivity index (χ2n) is 6.16. The Balaban J connectivity index is 1.45. The van der Waals surface area contributed by atoms with Crippen molar-refractivity contribution in [2.45, 2.75) is 19.4 Å². The lowest BCUT2D eigenvalue weighted by molar-refractivity contribution is 0.626. The van der Waals surface area contributed by atoms with Crippen LogP contribution in [0, 0.1) is 5.82 Å². The monoisotopic (exact) mass is 368 g/mol. The lowest BCUT2D eigenvalue weighted by atomic mass is 10.1. The molecule has 0 fully saturated rings. The standard InChI is InChI=1S/C19H15ClFN5/c1-11(13-2-4-15(21)5-3-13)25-19-23-8-12(9-24-19)6-14-10-22-18-16(14)7-17(20)26-18/h2-5,7-11H,6H2,1H3,(H,23,24,25)/p+1. The molecule has 1 aliphatic rings. The summed E-state index contributed by atoms with van der Waals surface area (Å²) in [6.07, 6.45) is 8.06. The van der Waals surface area contributed by atoms with Crippen LogP contribution in [0.25, 0.3) is 6.08 Å². The van der Waals surface area contributed by atoms with E-state index in [0.29, 0.717) is 17.5 Å². The summed E-state index contributed by atoms with van der Waals surface area (Å²) in [5, 5.41) is 4.72. The van der Waals surface area contributed by atoms with Crippen LogP contribution < -0.4 is 20.7 Å². The van der Waals surface area contributed by atoms with Gasteiger partial charge in [-0.2, -0.15) is 4.67 Å². The van der Waals surface area contributed by atoms with Crippen molar-refractivity contribution >= 4 is 28.8 Å². The largest absolute Gasteiger partial charge is 0.382 e. The Labute approximate surface area is 154 Å². The van der Waals surface area contributed by atoms with E-state index in [-0.39, 0.29) is 11.9 Å². The molecule has 7 heteroatoms. The Morgan fingerprint density at radius 3 is 2.69 bits per heavy atom. The highest BCUT2D eigenvalue weighted by Crippen LogP contribution is 2.17. The highest BCUT2D eigenvalue weighted by Gasteiger charge is 2.14. The van der Waals surface area contributed by atoms with E-state index in [0.717, 1.165) is 27.4 Å². The molecule has 3 heterocycles. The van der Waals surface area contributed by atoms with Crippen LogP contribution in [0.15, 0.2) is 42.9 Å². The van der Waals surface area contributed by atoms with Gasteiger partial charge in [-0.15, -0.1) is 0 Å². The first-order valence-electron chi connectivity index (χ1n) is 8.20. The van der Waals surface area contributed by atoms with E-state index in [1.807, 2.05) is 19.2 Å². The van der Waals surface area contributed by atoms with Crippen LogP contribution in [0.5, 0.6) is 0 Å². The Morgan fingerprint density at radius 1 is 1.23 bits per heavy atom. The minimum absolute atomic E-state index is 0.0247. The number of anilines is 1. The molecule has 1 aliphatic heterocycles. The lowest BCUT2D eigenvalue weighted by Crippen LogP contribution is -2.24.